The number of aryl methyl sites for hydroxylation is 1. The summed E-state index contributed by atoms with van der Waals surface area (Å²) in [6.45, 7) is 8.92. The van der Waals surface area contributed by atoms with Gasteiger partial charge in [0.25, 0.3) is 0 Å². The van der Waals surface area contributed by atoms with Crippen LogP contribution in [0.25, 0.3) is 5.57 Å². The molecular weight excluding hydrogens is 240 g/mol. The Hall–Kier alpha value is -1.01. The molecule has 0 radical (unpaired) electrons. The highest BCUT2D eigenvalue weighted by Crippen LogP contribution is 2.38. The number of benzene rings is 1. The number of halogens is 1. The number of allylic oxidation sites excluding steroid dienone is 4. The van der Waals surface area contributed by atoms with Crippen LogP contribution in [0.3, 0.4) is 0 Å². The molecule has 1 atom stereocenters. The average molecular weight is 261 g/mol. The minimum absolute atomic E-state index is 0.567. The lowest BCUT2D eigenvalue weighted by Gasteiger charge is -2.26. The van der Waals surface area contributed by atoms with Crippen LogP contribution in [-0.2, 0) is 0 Å². The average Bonchev–Trinajstić information content (AvgIpc) is 2.28. The molecule has 96 valence electrons. The van der Waals surface area contributed by atoms with Gasteiger partial charge in [-0.3, -0.25) is 0 Å². The summed E-state index contributed by atoms with van der Waals surface area (Å²) >= 11 is 6.41. The summed E-state index contributed by atoms with van der Waals surface area (Å²) in [5.41, 5.74) is 5.24. The molecule has 0 amide bonds. The Labute approximate surface area is 115 Å². The first-order chi connectivity index (χ1) is 8.50. The van der Waals surface area contributed by atoms with Crippen LogP contribution in [0.2, 0.25) is 5.02 Å². The Balaban J connectivity index is 2.58. The largest absolute Gasteiger partial charge is 0.0837 e. The second-order valence-electron chi connectivity index (χ2n) is 5.55. The molecule has 1 aliphatic carbocycles. The van der Waals surface area contributed by atoms with Crippen molar-refractivity contribution in [3.8, 4) is 0 Å². The molecule has 0 aromatic heterocycles. The van der Waals surface area contributed by atoms with Crippen molar-refractivity contribution < 1.29 is 0 Å². The molecule has 0 nitrogen and oxygen atoms in total. The van der Waals surface area contributed by atoms with Crippen LogP contribution in [0.4, 0.5) is 0 Å². The molecule has 0 N–H and O–H groups in total. The Morgan fingerprint density at radius 2 is 2.00 bits per heavy atom. The van der Waals surface area contributed by atoms with Crippen molar-refractivity contribution in [1.29, 1.82) is 0 Å². The van der Waals surface area contributed by atoms with Crippen molar-refractivity contribution >= 4 is 17.2 Å². The van der Waals surface area contributed by atoms with E-state index in [0.29, 0.717) is 11.8 Å². The predicted molar refractivity (Wildman–Crippen MR) is 80.9 cm³/mol. The van der Waals surface area contributed by atoms with Crippen molar-refractivity contribution in [1.82, 2.24) is 0 Å². The summed E-state index contributed by atoms with van der Waals surface area (Å²) in [5.74, 6) is 1.18. The minimum Gasteiger partial charge on any atom is -0.0837 e. The third-order valence-electron chi connectivity index (χ3n) is 3.65. The van der Waals surface area contributed by atoms with E-state index in [1.807, 2.05) is 0 Å². The maximum atomic E-state index is 6.41. The maximum absolute atomic E-state index is 6.41. The monoisotopic (exact) mass is 260 g/mol. The summed E-state index contributed by atoms with van der Waals surface area (Å²) in [6, 6.07) is 6.34. The van der Waals surface area contributed by atoms with Crippen molar-refractivity contribution in [2.45, 2.75) is 34.1 Å². The molecule has 1 unspecified atom stereocenters. The van der Waals surface area contributed by atoms with Crippen molar-refractivity contribution in [2.24, 2.45) is 11.8 Å². The molecule has 1 aromatic rings. The molecule has 0 spiro atoms. The summed E-state index contributed by atoms with van der Waals surface area (Å²) in [6.07, 6.45) is 5.65. The fourth-order valence-corrected chi connectivity index (χ4v) is 3.18. The summed E-state index contributed by atoms with van der Waals surface area (Å²) in [5, 5.41) is 0.863. The Morgan fingerprint density at radius 3 is 2.61 bits per heavy atom. The van der Waals surface area contributed by atoms with Gasteiger partial charge in [-0.15, -0.1) is 0 Å². The van der Waals surface area contributed by atoms with E-state index >= 15 is 0 Å². The zero-order valence-electron chi connectivity index (χ0n) is 11.6. The zero-order chi connectivity index (χ0) is 13.3. The van der Waals surface area contributed by atoms with Crippen molar-refractivity contribution in [3.05, 3.63) is 52.1 Å². The highest BCUT2D eigenvalue weighted by molar-refractivity contribution is 6.32. The van der Waals surface area contributed by atoms with Crippen LogP contribution >= 0.6 is 11.6 Å². The lowest BCUT2D eigenvalue weighted by molar-refractivity contribution is 0.588. The van der Waals surface area contributed by atoms with Crippen LogP contribution in [-0.4, -0.2) is 0 Å². The van der Waals surface area contributed by atoms with Crippen LogP contribution in [0.15, 0.2) is 35.9 Å². The van der Waals surface area contributed by atoms with Crippen LogP contribution < -0.4 is 0 Å². The second kappa shape index (κ2) is 5.32. The molecule has 1 heteroatoms. The quantitative estimate of drug-likeness (QED) is 0.644. The van der Waals surface area contributed by atoms with Gasteiger partial charge in [0.05, 0.1) is 0 Å². The lowest BCUT2D eigenvalue weighted by Crippen LogP contribution is -2.11. The summed E-state index contributed by atoms with van der Waals surface area (Å²) in [7, 11) is 0. The molecule has 0 saturated heterocycles. The third-order valence-corrected chi connectivity index (χ3v) is 3.97. The Morgan fingerprint density at radius 1 is 1.28 bits per heavy atom. The van der Waals surface area contributed by atoms with Crippen LogP contribution in [0.5, 0.6) is 0 Å². The van der Waals surface area contributed by atoms with Gasteiger partial charge in [-0.2, -0.15) is 0 Å². The van der Waals surface area contributed by atoms with Crippen LogP contribution in [0.1, 0.15) is 38.3 Å². The van der Waals surface area contributed by atoms with E-state index < -0.39 is 0 Å². The van der Waals surface area contributed by atoms with E-state index in [-0.39, 0.29) is 0 Å². The van der Waals surface area contributed by atoms with Gasteiger partial charge in [-0.25, -0.2) is 0 Å². The molecule has 0 fully saturated rings. The van der Waals surface area contributed by atoms with Gasteiger partial charge in [0.15, 0.2) is 0 Å². The van der Waals surface area contributed by atoms with Gasteiger partial charge in [0.1, 0.15) is 0 Å². The van der Waals surface area contributed by atoms with E-state index in [0.717, 1.165) is 11.4 Å². The van der Waals surface area contributed by atoms with E-state index in [4.69, 9.17) is 11.6 Å². The molecule has 1 aromatic carbocycles. The Bertz CT molecular complexity index is 506. The molecule has 0 bridgehead atoms. The van der Waals surface area contributed by atoms with E-state index in [2.05, 4.69) is 58.0 Å². The lowest BCUT2D eigenvalue weighted by atomic mass is 9.79. The minimum atomic E-state index is 0.567. The fraction of sp³-hybridized carbons (Fsp3) is 0.412. The van der Waals surface area contributed by atoms with Crippen LogP contribution in [0, 0.1) is 18.8 Å². The van der Waals surface area contributed by atoms with Gasteiger partial charge in [0, 0.05) is 10.6 Å². The van der Waals surface area contributed by atoms with Gasteiger partial charge in [-0.1, -0.05) is 62.2 Å². The predicted octanol–water partition coefficient (Wildman–Crippen LogP) is 5.65. The number of hydrogen-bond acceptors (Lipinski definition) is 0. The molecule has 0 heterocycles. The van der Waals surface area contributed by atoms with Gasteiger partial charge in [-0.05, 0) is 42.4 Å². The fourth-order valence-electron chi connectivity index (χ4n) is 2.84. The van der Waals surface area contributed by atoms with Crippen molar-refractivity contribution in [3.63, 3.8) is 0 Å². The Kier molecular flexibility index (Phi) is 3.97. The smallest absolute Gasteiger partial charge is 0.0487 e. The first-order valence-electron chi connectivity index (χ1n) is 6.67. The molecule has 0 aliphatic heterocycles. The molecule has 2 rings (SSSR count). The van der Waals surface area contributed by atoms with E-state index in [1.165, 1.54) is 22.3 Å². The first kappa shape index (κ1) is 13.4. The highest BCUT2D eigenvalue weighted by Gasteiger charge is 2.20. The third kappa shape index (κ3) is 2.54. The number of hydrogen-bond donors (Lipinski definition) is 0. The van der Waals surface area contributed by atoms with Gasteiger partial charge < -0.3 is 0 Å². The summed E-state index contributed by atoms with van der Waals surface area (Å²) < 4.78 is 0. The summed E-state index contributed by atoms with van der Waals surface area (Å²) in [4.78, 5) is 0. The topological polar surface area (TPSA) is 0 Å². The molecule has 1 aliphatic rings. The van der Waals surface area contributed by atoms with Gasteiger partial charge >= 0.3 is 0 Å². The zero-order valence-corrected chi connectivity index (χ0v) is 12.4. The SMILES string of the molecule is Cc1ccc(C2=C(C(C)C)C(C)CC=C2)c(Cl)c1. The molecule has 0 saturated carbocycles. The molecule has 18 heavy (non-hydrogen) atoms. The second-order valence-corrected chi connectivity index (χ2v) is 5.95. The molecular formula is C17H21Cl. The standard InChI is InChI=1S/C17H21Cl/c1-11(2)17-13(4)6-5-7-15(17)14-9-8-12(3)10-16(14)18/h5,7-11,13H,6H2,1-4H3. The van der Waals surface area contributed by atoms with E-state index in [9.17, 15) is 0 Å². The van der Waals surface area contributed by atoms with E-state index in [1.54, 1.807) is 0 Å². The normalized spacial score (nSPS) is 19.8. The van der Waals surface area contributed by atoms with Crippen molar-refractivity contribution in [2.75, 3.05) is 0 Å². The highest BCUT2D eigenvalue weighted by atomic mass is 35.5. The first-order valence-corrected chi connectivity index (χ1v) is 7.05. The maximum Gasteiger partial charge on any atom is 0.0487 e. The van der Waals surface area contributed by atoms with Gasteiger partial charge in [0.2, 0.25) is 0 Å². The number of rotatable bonds is 2.